The van der Waals surface area contributed by atoms with Crippen LogP contribution in [0, 0.1) is 0 Å². The summed E-state index contributed by atoms with van der Waals surface area (Å²) in [7, 11) is 1.98. The second kappa shape index (κ2) is 3.71. The van der Waals surface area contributed by atoms with Crippen molar-refractivity contribution in [3.63, 3.8) is 0 Å². The van der Waals surface area contributed by atoms with Gasteiger partial charge in [0.15, 0.2) is 0 Å². The van der Waals surface area contributed by atoms with Gasteiger partial charge in [-0.2, -0.15) is 5.10 Å². The fraction of sp³-hybridized carbons (Fsp3) is 0.700. The van der Waals surface area contributed by atoms with Crippen LogP contribution >= 0.6 is 0 Å². The molecule has 1 aromatic rings. The summed E-state index contributed by atoms with van der Waals surface area (Å²) in [5.74, 6) is 0. The summed E-state index contributed by atoms with van der Waals surface area (Å²) >= 11 is 0. The molecule has 0 unspecified atom stereocenters. The quantitative estimate of drug-likeness (QED) is 0.747. The summed E-state index contributed by atoms with van der Waals surface area (Å²) in [6, 6.07) is 0.448. The Morgan fingerprint density at radius 3 is 2.93 bits per heavy atom. The van der Waals surface area contributed by atoms with Gasteiger partial charge in [-0.05, 0) is 20.9 Å². The molecule has 14 heavy (non-hydrogen) atoms. The minimum Gasteiger partial charge on any atom is -0.314 e. The number of hydrogen-bond donors (Lipinski definition) is 2. The van der Waals surface area contributed by atoms with Crippen LogP contribution in [0.1, 0.15) is 36.8 Å². The number of rotatable bonds is 3. The molecule has 0 bridgehead atoms. The number of hydrogen-bond acceptors (Lipinski definition) is 3. The molecule has 1 aromatic heterocycles. The number of nitrogens with one attached hydrogen (secondary N) is 2. The lowest BCUT2D eigenvalue weighted by atomic mass is 10.2. The number of aromatic nitrogens is 2. The van der Waals surface area contributed by atoms with Crippen LogP contribution in [0.15, 0.2) is 0 Å². The van der Waals surface area contributed by atoms with Crippen LogP contribution in [0.25, 0.3) is 0 Å². The molecule has 0 aromatic carbocycles. The van der Waals surface area contributed by atoms with Gasteiger partial charge in [-0.25, -0.2) is 0 Å². The Balaban J connectivity index is 2.40. The molecule has 2 N–H and O–H groups in total. The lowest BCUT2D eigenvalue weighted by Crippen LogP contribution is -2.17. The average Bonchev–Trinajstić information content (AvgIpc) is 2.67. The molecular formula is C10H18N4. The van der Waals surface area contributed by atoms with E-state index in [0.717, 1.165) is 19.6 Å². The van der Waals surface area contributed by atoms with Gasteiger partial charge in [0.1, 0.15) is 0 Å². The average molecular weight is 194 g/mol. The molecule has 1 aliphatic rings. The molecule has 4 nitrogen and oxygen atoms in total. The van der Waals surface area contributed by atoms with Crippen molar-refractivity contribution in [2.75, 3.05) is 7.05 Å². The monoisotopic (exact) mass is 194 g/mol. The second-order valence-electron chi connectivity index (χ2n) is 4.04. The standard InChI is InChI=1S/C10H18N4/c1-7(2)14-10(6-11-3)8-4-12-5-9(8)13-14/h7,11-12H,4-6H2,1-3H3. The van der Waals surface area contributed by atoms with Gasteiger partial charge in [-0.3, -0.25) is 4.68 Å². The Labute approximate surface area is 84.7 Å². The van der Waals surface area contributed by atoms with Crippen molar-refractivity contribution in [2.24, 2.45) is 0 Å². The normalized spacial score (nSPS) is 15.1. The lowest BCUT2D eigenvalue weighted by molar-refractivity contribution is 0.490. The summed E-state index contributed by atoms with van der Waals surface area (Å²) in [6.07, 6.45) is 0. The lowest BCUT2D eigenvalue weighted by Gasteiger charge is -2.12. The maximum Gasteiger partial charge on any atom is 0.0811 e. The highest BCUT2D eigenvalue weighted by Crippen LogP contribution is 2.22. The van der Waals surface area contributed by atoms with Crippen molar-refractivity contribution in [1.82, 2.24) is 20.4 Å². The molecule has 0 spiro atoms. The van der Waals surface area contributed by atoms with Crippen LogP contribution in [0.3, 0.4) is 0 Å². The van der Waals surface area contributed by atoms with E-state index in [9.17, 15) is 0 Å². The molecular weight excluding hydrogens is 176 g/mol. The van der Waals surface area contributed by atoms with E-state index < -0.39 is 0 Å². The first-order valence-electron chi connectivity index (χ1n) is 5.18. The molecule has 0 aliphatic carbocycles. The van der Waals surface area contributed by atoms with Gasteiger partial charge in [-0.1, -0.05) is 0 Å². The Morgan fingerprint density at radius 1 is 1.50 bits per heavy atom. The fourth-order valence-corrected chi connectivity index (χ4v) is 1.99. The van der Waals surface area contributed by atoms with Crippen molar-refractivity contribution < 1.29 is 0 Å². The maximum absolute atomic E-state index is 4.62. The van der Waals surface area contributed by atoms with E-state index in [-0.39, 0.29) is 0 Å². The molecule has 0 atom stereocenters. The maximum atomic E-state index is 4.62. The van der Waals surface area contributed by atoms with Crippen LogP contribution in [0.4, 0.5) is 0 Å². The van der Waals surface area contributed by atoms with Crippen LogP contribution in [-0.4, -0.2) is 16.8 Å². The van der Waals surface area contributed by atoms with E-state index in [0.29, 0.717) is 6.04 Å². The highest BCUT2D eigenvalue weighted by Gasteiger charge is 2.21. The molecule has 0 amide bonds. The summed E-state index contributed by atoms with van der Waals surface area (Å²) < 4.78 is 2.14. The van der Waals surface area contributed by atoms with Crippen molar-refractivity contribution >= 4 is 0 Å². The van der Waals surface area contributed by atoms with Gasteiger partial charge < -0.3 is 10.6 Å². The third-order valence-electron chi connectivity index (χ3n) is 2.63. The highest BCUT2D eigenvalue weighted by molar-refractivity contribution is 5.29. The van der Waals surface area contributed by atoms with Crippen LogP contribution in [-0.2, 0) is 19.6 Å². The van der Waals surface area contributed by atoms with E-state index in [1.54, 1.807) is 0 Å². The van der Waals surface area contributed by atoms with Gasteiger partial charge in [-0.15, -0.1) is 0 Å². The van der Waals surface area contributed by atoms with Gasteiger partial charge in [0.2, 0.25) is 0 Å². The molecule has 1 aliphatic heterocycles. The van der Waals surface area contributed by atoms with Gasteiger partial charge in [0.05, 0.1) is 11.4 Å². The zero-order valence-corrected chi connectivity index (χ0v) is 9.09. The van der Waals surface area contributed by atoms with Crippen molar-refractivity contribution in [3.05, 3.63) is 17.0 Å². The van der Waals surface area contributed by atoms with E-state index in [2.05, 4.69) is 34.3 Å². The summed E-state index contributed by atoms with van der Waals surface area (Å²) in [5, 5.41) is 11.2. The SMILES string of the molecule is CNCc1c2c(nn1C(C)C)CNC2. The Hall–Kier alpha value is -0.870. The minimum absolute atomic E-state index is 0.448. The Kier molecular flexibility index (Phi) is 2.56. The number of nitrogens with zero attached hydrogens (tertiary/aromatic N) is 2. The Morgan fingerprint density at radius 2 is 2.29 bits per heavy atom. The van der Waals surface area contributed by atoms with Gasteiger partial charge in [0.25, 0.3) is 0 Å². The zero-order chi connectivity index (χ0) is 10.1. The van der Waals surface area contributed by atoms with Gasteiger partial charge >= 0.3 is 0 Å². The van der Waals surface area contributed by atoms with E-state index in [4.69, 9.17) is 0 Å². The molecule has 0 saturated carbocycles. The molecule has 2 heterocycles. The van der Waals surface area contributed by atoms with E-state index in [1.807, 2.05) is 7.05 Å². The molecule has 0 radical (unpaired) electrons. The predicted octanol–water partition coefficient (Wildman–Crippen LogP) is 0.787. The molecule has 4 heteroatoms. The smallest absolute Gasteiger partial charge is 0.0811 e. The first kappa shape index (κ1) is 9.68. The van der Waals surface area contributed by atoms with Crippen molar-refractivity contribution in [3.8, 4) is 0 Å². The summed E-state index contributed by atoms with van der Waals surface area (Å²) in [4.78, 5) is 0. The zero-order valence-electron chi connectivity index (χ0n) is 9.09. The van der Waals surface area contributed by atoms with Gasteiger partial charge in [0, 0.05) is 31.2 Å². The first-order valence-corrected chi connectivity index (χ1v) is 5.18. The topological polar surface area (TPSA) is 41.9 Å². The fourth-order valence-electron chi connectivity index (χ4n) is 1.99. The van der Waals surface area contributed by atoms with E-state index >= 15 is 0 Å². The van der Waals surface area contributed by atoms with Crippen molar-refractivity contribution in [1.29, 1.82) is 0 Å². The minimum atomic E-state index is 0.448. The summed E-state index contributed by atoms with van der Waals surface area (Å²) in [6.45, 7) is 7.15. The number of fused-ring (bicyclic) bond motifs is 1. The molecule has 78 valence electrons. The Bertz CT molecular complexity index is 327. The summed E-state index contributed by atoms with van der Waals surface area (Å²) in [5.41, 5.74) is 3.96. The van der Waals surface area contributed by atoms with E-state index in [1.165, 1.54) is 17.0 Å². The third-order valence-corrected chi connectivity index (χ3v) is 2.63. The largest absolute Gasteiger partial charge is 0.314 e. The molecule has 0 saturated heterocycles. The van der Waals surface area contributed by atoms with Crippen LogP contribution in [0.2, 0.25) is 0 Å². The molecule has 2 rings (SSSR count). The third kappa shape index (κ3) is 1.44. The molecule has 0 fully saturated rings. The predicted molar refractivity (Wildman–Crippen MR) is 55.9 cm³/mol. The highest BCUT2D eigenvalue weighted by atomic mass is 15.3. The van der Waals surface area contributed by atoms with Crippen LogP contribution in [0.5, 0.6) is 0 Å². The van der Waals surface area contributed by atoms with Crippen LogP contribution < -0.4 is 10.6 Å². The second-order valence-corrected chi connectivity index (χ2v) is 4.04. The van der Waals surface area contributed by atoms with Crippen molar-refractivity contribution in [2.45, 2.75) is 39.5 Å². The first-order chi connectivity index (χ1) is 6.74.